The van der Waals surface area contributed by atoms with Gasteiger partial charge in [-0.05, 0) is 25.7 Å². The fourth-order valence-corrected chi connectivity index (χ4v) is 2.70. The molecule has 2 rings (SSSR count). The predicted octanol–water partition coefficient (Wildman–Crippen LogP) is 5.25. The number of halogens is 3. The number of hydrogen-bond acceptors (Lipinski definition) is 1. The summed E-state index contributed by atoms with van der Waals surface area (Å²) in [5.74, 6) is -1.06. The third-order valence-electron chi connectivity index (χ3n) is 3.92. The molecule has 1 aromatic carbocycles. The third-order valence-corrected chi connectivity index (χ3v) is 3.92. The second kappa shape index (κ2) is 6.46. The van der Waals surface area contributed by atoms with Crippen molar-refractivity contribution in [2.75, 3.05) is 0 Å². The van der Waals surface area contributed by atoms with Crippen LogP contribution in [0.5, 0.6) is 0 Å². The molecular weight excluding hydrogens is 277 g/mol. The summed E-state index contributed by atoms with van der Waals surface area (Å²) in [6, 6.07) is 6.22. The zero-order valence-electron chi connectivity index (χ0n) is 12.0. The fraction of sp³-hybridized carbons (Fsp3) is 0.471. The molecule has 0 aromatic heterocycles. The smallest absolute Gasteiger partial charge is 0.289 e. The number of aryl methyl sites for hydroxylation is 1. The van der Waals surface area contributed by atoms with Crippen LogP contribution in [0.1, 0.15) is 48.0 Å². The van der Waals surface area contributed by atoms with Gasteiger partial charge in [0.2, 0.25) is 0 Å². The molecule has 1 aliphatic carbocycles. The van der Waals surface area contributed by atoms with Crippen molar-refractivity contribution in [3.8, 4) is 0 Å². The molecule has 21 heavy (non-hydrogen) atoms. The van der Waals surface area contributed by atoms with E-state index in [1.807, 2.05) is 6.92 Å². The lowest BCUT2D eigenvalue weighted by atomic mass is 9.86. The summed E-state index contributed by atoms with van der Waals surface area (Å²) < 4.78 is 39.6. The minimum atomic E-state index is -4.60. The Hall–Kier alpha value is -1.58. The maximum absolute atomic E-state index is 13.2. The molecule has 1 aromatic rings. The highest BCUT2D eigenvalue weighted by molar-refractivity contribution is 6.09. The van der Waals surface area contributed by atoms with Gasteiger partial charge in [-0.2, -0.15) is 13.2 Å². The molecule has 0 bridgehead atoms. The van der Waals surface area contributed by atoms with Crippen LogP contribution >= 0.6 is 0 Å². The second-order valence-electron chi connectivity index (χ2n) is 5.67. The van der Waals surface area contributed by atoms with Gasteiger partial charge in [-0.25, -0.2) is 0 Å². The van der Waals surface area contributed by atoms with Gasteiger partial charge in [-0.1, -0.05) is 55.2 Å². The molecule has 1 nitrogen and oxygen atoms in total. The summed E-state index contributed by atoms with van der Waals surface area (Å²) in [7, 11) is 0. The quantitative estimate of drug-likeness (QED) is 0.550. The lowest BCUT2D eigenvalue weighted by Crippen LogP contribution is -2.22. The topological polar surface area (TPSA) is 17.1 Å². The lowest BCUT2D eigenvalue weighted by molar-refractivity contribution is -0.0893. The van der Waals surface area contributed by atoms with Gasteiger partial charge in [-0.3, -0.25) is 4.79 Å². The number of alkyl halides is 3. The molecule has 0 radical (unpaired) electrons. The Morgan fingerprint density at radius 1 is 1.10 bits per heavy atom. The molecular formula is C17H19F3O. The summed E-state index contributed by atoms with van der Waals surface area (Å²) >= 11 is 0. The van der Waals surface area contributed by atoms with E-state index in [0.717, 1.165) is 43.7 Å². The van der Waals surface area contributed by atoms with Gasteiger partial charge in [-0.15, -0.1) is 0 Å². The van der Waals surface area contributed by atoms with E-state index in [1.54, 1.807) is 12.1 Å². The van der Waals surface area contributed by atoms with Gasteiger partial charge in [0.25, 0.3) is 0 Å². The minimum absolute atomic E-state index is 0.0972. The second-order valence-corrected chi connectivity index (χ2v) is 5.67. The van der Waals surface area contributed by atoms with Crippen LogP contribution in [0.15, 0.2) is 35.9 Å². The van der Waals surface area contributed by atoms with E-state index in [2.05, 4.69) is 0 Å². The van der Waals surface area contributed by atoms with Crippen LogP contribution < -0.4 is 0 Å². The van der Waals surface area contributed by atoms with Crippen LogP contribution in [0, 0.1) is 12.8 Å². The number of allylic oxidation sites excluding steroid dienone is 2. The summed E-state index contributed by atoms with van der Waals surface area (Å²) in [6.07, 6.45) is 0.968. The van der Waals surface area contributed by atoms with Gasteiger partial charge in [0.15, 0.2) is 5.78 Å². The Morgan fingerprint density at radius 2 is 1.67 bits per heavy atom. The van der Waals surface area contributed by atoms with Gasteiger partial charge in [0.05, 0.1) is 5.57 Å². The first kappa shape index (κ1) is 15.8. The average molecular weight is 296 g/mol. The molecule has 0 N–H and O–H groups in total. The Kier molecular flexibility index (Phi) is 4.86. The maximum atomic E-state index is 13.2. The fourth-order valence-electron chi connectivity index (χ4n) is 2.70. The average Bonchev–Trinajstić information content (AvgIpc) is 2.45. The van der Waals surface area contributed by atoms with E-state index < -0.39 is 17.5 Å². The number of hydrogen-bond donors (Lipinski definition) is 0. The van der Waals surface area contributed by atoms with E-state index in [9.17, 15) is 18.0 Å². The van der Waals surface area contributed by atoms with Crippen molar-refractivity contribution in [3.63, 3.8) is 0 Å². The minimum Gasteiger partial charge on any atom is -0.289 e. The number of benzene rings is 1. The van der Waals surface area contributed by atoms with Crippen LogP contribution in [-0.4, -0.2) is 12.0 Å². The monoisotopic (exact) mass is 296 g/mol. The van der Waals surface area contributed by atoms with Crippen LogP contribution in [0.3, 0.4) is 0 Å². The summed E-state index contributed by atoms with van der Waals surface area (Å²) in [5.41, 5.74) is -0.00499. The SMILES string of the molecule is Cc1ccc(C(=O)/C(=C/C2CCCCC2)C(F)(F)F)cc1. The number of carbonyl (C=O) groups is 1. The molecule has 0 unspecified atom stereocenters. The Labute approximate surface area is 122 Å². The van der Waals surface area contributed by atoms with Gasteiger partial charge in [0.1, 0.15) is 0 Å². The molecule has 1 aliphatic rings. The van der Waals surface area contributed by atoms with E-state index in [-0.39, 0.29) is 11.5 Å². The molecule has 0 saturated heterocycles. The molecule has 114 valence electrons. The highest BCUT2D eigenvalue weighted by Crippen LogP contribution is 2.33. The van der Waals surface area contributed by atoms with Crippen LogP contribution in [0.4, 0.5) is 13.2 Å². The predicted molar refractivity (Wildman–Crippen MR) is 76.2 cm³/mol. The third kappa shape index (κ3) is 4.19. The molecule has 4 heteroatoms. The van der Waals surface area contributed by atoms with Crippen molar-refractivity contribution in [2.24, 2.45) is 5.92 Å². The normalized spacial score (nSPS) is 17.8. The zero-order valence-corrected chi connectivity index (χ0v) is 12.0. The van der Waals surface area contributed by atoms with Crippen molar-refractivity contribution >= 4 is 5.78 Å². The first-order chi connectivity index (χ1) is 9.88. The first-order valence-corrected chi connectivity index (χ1v) is 7.28. The Balaban J connectivity index is 2.29. The summed E-state index contributed by atoms with van der Waals surface area (Å²) in [5, 5.41) is 0. The number of rotatable bonds is 3. The molecule has 0 amide bonds. The van der Waals surface area contributed by atoms with Crippen LogP contribution in [-0.2, 0) is 0 Å². The summed E-state index contributed by atoms with van der Waals surface area (Å²) in [6.45, 7) is 1.83. The van der Waals surface area contributed by atoms with Gasteiger partial charge in [0, 0.05) is 5.56 Å². The highest BCUT2D eigenvalue weighted by atomic mass is 19.4. The molecule has 0 heterocycles. The van der Waals surface area contributed by atoms with Gasteiger partial charge >= 0.3 is 6.18 Å². The Bertz CT molecular complexity index is 520. The highest BCUT2D eigenvalue weighted by Gasteiger charge is 2.39. The van der Waals surface area contributed by atoms with Crippen molar-refractivity contribution < 1.29 is 18.0 Å². The maximum Gasteiger partial charge on any atom is 0.419 e. The molecule has 0 atom stereocenters. The molecule has 1 fully saturated rings. The Morgan fingerprint density at radius 3 is 2.19 bits per heavy atom. The number of ketones is 1. The van der Waals surface area contributed by atoms with Crippen molar-refractivity contribution in [3.05, 3.63) is 47.0 Å². The van der Waals surface area contributed by atoms with E-state index >= 15 is 0 Å². The number of Topliss-reactive ketones (excluding diaryl/α,β-unsaturated/α-hetero) is 1. The molecule has 1 saturated carbocycles. The van der Waals surface area contributed by atoms with E-state index in [0.29, 0.717) is 0 Å². The standard InChI is InChI=1S/C17H19F3O/c1-12-7-9-14(10-8-12)16(21)15(17(18,19)20)11-13-5-3-2-4-6-13/h7-11,13H,2-6H2,1H3/b15-11-. The number of carbonyl (C=O) groups excluding carboxylic acids is 1. The van der Waals surface area contributed by atoms with E-state index in [1.165, 1.54) is 12.1 Å². The van der Waals surface area contributed by atoms with Crippen molar-refractivity contribution in [2.45, 2.75) is 45.2 Å². The lowest BCUT2D eigenvalue weighted by Gasteiger charge is -2.20. The van der Waals surface area contributed by atoms with Gasteiger partial charge < -0.3 is 0 Å². The van der Waals surface area contributed by atoms with Crippen molar-refractivity contribution in [1.29, 1.82) is 0 Å². The summed E-state index contributed by atoms with van der Waals surface area (Å²) in [4.78, 5) is 12.2. The molecule has 0 spiro atoms. The van der Waals surface area contributed by atoms with Crippen molar-refractivity contribution in [1.82, 2.24) is 0 Å². The largest absolute Gasteiger partial charge is 0.419 e. The zero-order chi connectivity index (χ0) is 15.5. The molecule has 0 aliphatic heterocycles. The van der Waals surface area contributed by atoms with Crippen LogP contribution in [0.2, 0.25) is 0 Å². The van der Waals surface area contributed by atoms with E-state index in [4.69, 9.17) is 0 Å². The first-order valence-electron chi connectivity index (χ1n) is 7.28. The van der Waals surface area contributed by atoms with Crippen LogP contribution in [0.25, 0.3) is 0 Å².